The number of ether oxygens (including phenoxy) is 1. The molecule has 4 bridgehead atoms. The van der Waals surface area contributed by atoms with Crippen molar-refractivity contribution < 1.29 is 23.9 Å². The lowest BCUT2D eigenvalue weighted by Crippen LogP contribution is -2.53. The number of hydrogen-bond donors (Lipinski definition) is 4. The molecule has 2 aromatic rings. The van der Waals surface area contributed by atoms with Crippen LogP contribution in [0.1, 0.15) is 92.8 Å². The highest BCUT2D eigenvalue weighted by molar-refractivity contribution is 6.01. The molecular formula is C31H36N4O5. The van der Waals surface area contributed by atoms with Crippen LogP contribution in [0.5, 0.6) is 5.75 Å². The van der Waals surface area contributed by atoms with E-state index in [4.69, 9.17) is 4.74 Å². The van der Waals surface area contributed by atoms with Crippen LogP contribution in [0.15, 0.2) is 55.1 Å². The van der Waals surface area contributed by atoms with E-state index in [1.165, 1.54) is 0 Å². The van der Waals surface area contributed by atoms with Gasteiger partial charge in [0.2, 0.25) is 0 Å². The molecule has 0 aromatic heterocycles. The third kappa shape index (κ3) is 6.35. The van der Waals surface area contributed by atoms with Gasteiger partial charge in [-0.05, 0) is 62.1 Å². The van der Waals surface area contributed by atoms with Gasteiger partial charge in [0.15, 0.2) is 0 Å². The molecular weight excluding hydrogens is 508 g/mol. The lowest BCUT2D eigenvalue weighted by Gasteiger charge is -2.33. The van der Waals surface area contributed by atoms with Gasteiger partial charge in [-0.2, -0.15) is 0 Å². The summed E-state index contributed by atoms with van der Waals surface area (Å²) in [6.45, 7) is 3.90. The smallest absolute Gasteiger partial charge is 0.251 e. The van der Waals surface area contributed by atoms with Crippen molar-refractivity contribution in [3.63, 3.8) is 0 Å². The number of nitrogens with one attached hydrogen (secondary N) is 4. The van der Waals surface area contributed by atoms with Crippen molar-refractivity contribution in [1.29, 1.82) is 0 Å². The van der Waals surface area contributed by atoms with Crippen LogP contribution in [0.25, 0.3) is 0 Å². The Labute approximate surface area is 234 Å². The van der Waals surface area contributed by atoms with Crippen LogP contribution < -0.4 is 26.0 Å². The Hall–Kier alpha value is -4.14. The van der Waals surface area contributed by atoms with E-state index in [1.807, 2.05) is 0 Å². The van der Waals surface area contributed by atoms with Crippen LogP contribution in [-0.4, -0.2) is 54.4 Å². The Morgan fingerprint density at radius 2 is 1.00 bits per heavy atom. The summed E-state index contributed by atoms with van der Waals surface area (Å²) in [6.07, 6.45) is 8.15. The first-order chi connectivity index (χ1) is 19.4. The second-order valence-corrected chi connectivity index (χ2v) is 10.8. The lowest BCUT2D eigenvalue weighted by molar-refractivity contribution is 0.0854. The van der Waals surface area contributed by atoms with Gasteiger partial charge >= 0.3 is 0 Å². The van der Waals surface area contributed by atoms with Crippen LogP contribution in [0.3, 0.4) is 0 Å². The zero-order valence-electron chi connectivity index (χ0n) is 22.5. The molecule has 0 radical (unpaired) electrons. The van der Waals surface area contributed by atoms with E-state index in [1.54, 1.807) is 48.5 Å². The maximum absolute atomic E-state index is 13.5. The number of hydrogen-bond acceptors (Lipinski definition) is 5. The average Bonchev–Trinajstić information content (AvgIpc) is 2.97. The maximum atomic E-state index is 13.5. The quantitative estimate of drug-likeness (QED) is 0.440. The van der Waals surface area contributed by atoms with Gasteiger partial charge in [-0.3, -0.25) is 19.2 Å². The van der Waals surface area contributed by atoms with E-state index in [9.17, 15) is 19.2 Å². The van der Waals surface area contributed by atoms with Crippen LogP contribution in [0.2, 0.25) is 0 Å². The molecule has 0 saturated heterocycles. The van der Waals surface area contributed by atoms with Crippen LogP contribution in [0, 0.1) is 0 Å². The third-order valence-corrected chi connectivity index (χ3v) is 7.98. The Morgan fingerprint density at radius 1 is 0.625 bits per heavy atom. The predicted octanol–water partition coefficient (Wildman–Crippen LogP) is 3.51. The van der Waals surface area contributed by atoms with Crippen molar-refractivity contribution in [1.82, 2.24) is 21.3 Å². The van der Waals surface area contributed by atoms with E-state index < -0.39 is 0 Å². The predicted molar refractivity (Wildman–Crippen MR) is 151 cm³/mol. The van der Waals surface area contributed by atoms with Gasteiger partial charge in [-0.1, -0.05) is 44.4 Å². The van der Waals surface area contributed by atoms with Crippen LogP contribution in [-0.2, 0) is 0 Å². The van der Waals surface area contributed by atoms with Crippen LogP contribution in [0.4, 0.5) is 0 Å². The monoisotopic (exact) mass is 544 g/mol. The molecule has 2 aromatic carbocycles. The number of rotatable bonds is 3. The second kappa shape index (κ2) is 12.4. The molecule has 0 spiro atoms. The van der Waals surface area contributed by atoms with Crippen molar-refractivity contribution in [2.24, 2.45) is 0 Å². The van der Waals surface area contributed by atoms with Gasteiger partial charge in [0, 0.05) is 46.4 Å². The lowest BCUT2D eigenvalue weighted by atomic mass is 9.89. The highest BCUT2D eigenvalue weighted by Crippen LogP contribution is 2.24. The maximum Gasteiger partial charge on any atom is 0.251 e. The molecule has 9 heteroatoms. The number of fused-ring (bicyclic) bond motifs is 6. The summed E-state index contributed by atoms with van der Waals surface area (Å²) in [5, 5.41) is 12.3. The van der Waals surface area contributed by atoms with E-state index in [0.29, 0.717) is 40.8 Å². The zero-order chi connectivity index (χ0) is 28.1. The number of carbonyl (C=O) groups excluding carboxylic acids is 4. The molecule has 4 atom stereocenters. The van der Waals surface area contributed by atoms with Gasteiger partial charge in [0.05, 0.1) is 0 Å². The van der Waals surface area contributed by atoms with Crippen molar-refractivity contribution in [2.45, 2.75) is 75.5 Å². The number of amides is 4. The molecule has 2 saturated carbocycles. The van der Waals surface area contributed by atoms with Crippen molar-refractivity contribution in [2.75, 3.05) is 6.61 Å². The molecule has 40 heavy (non-hydrogen) atoms. The summed E-state index contributed by atoms with van der Waals surface area (Å²) in [4.78, 5) is 53.4. The molecule has 0 unspecified atom stereocenters. The molecule has 4 N–H and O–H groups in total. The fourth-order valence-corrected chi connectivity index (χ4v) is 5.86. The Balaban J connectivity index is 1.52. The summed E-state index contributed by atoms with van der Waals surface area (Å²) in [6, 6.07) is 10.3. The molecule has 9 nitrogen and oxygen atoms in total. The van der Waals surface area contributed by atoms with Gasteiger partial charge in [0.1, 0.15) is 12.4 Å². The molecule has 1 heterocycles. The molecule has 210 valence electrons. The fourth-order valence-electron chi connectivity index (χ4n) is 5.86. The first-order valence-corrected chi connectivity index (χ1v) is 14.1. The molecule has 2 fully saturated rings. The van der Waals surface area contributed by atoms with Crippen molar-refractivity contribution >= 4 is 23.6 Å². The van der Waals surface area contributed by atoms with E-state index >= 15 is 0 Å². The zero-order valence-corrected chi connectivity index (χ0v) is 22.5. The first-order valence-electron chi connectivity index (χ1n) is 14.1. The van der Waals surface area contributed by atoms with E-state index in [-0.39, 0.29) is 54.4 Å². The highest BCUT2D eigenvalue weighted by Gasteiger charge is 2.31. The van der Waals surface area contributed by atoms with Gasteiger partial charge in [0.25, 0.3) is 23.6 Å². The summed E-state index contributed by atoms with van der Waals surface area (Å²) in [5.41, 5.74) is 1.36. The minimum Gasteiger partial charge on any atom is -0.490 e. The van der Waals surface area contributed by atoms with Gasteiger partial charge in [-0.15, -0.1) is 0 Å². The molecule has 4 amide bonds. The Kier molecular flexibility index (Phi) is 8.48. The standard InChI is InChI=1S/C31H36N4O5/c1-2-14-40-23-17-21-16-22(18-23)31(39)35-27-13-6-4-11-25(27)33-29(37)20-9-7-8-19(15-20)28(36)32-24-10-3-5-12-26(24)34-30(21)38/h2,7-9,15-18,24-27H,1,3-6,10-14H2,(H,32,36)(H,33,37)(H,34,38)(H,35,39)/t24-,25-,26-,27-/m1/s1. The summed E-state index contributed by atoms with van der Waals surface area (Å²) in [7, 11) is 0. The Morgan fingerprint density at radius 3 is 1.40 bits per heavy atom. The fraction of sp³-hybridized carbons (Fsp3) is 0.419. The summed E-state index contributed by atoms with van der Waals surface area (Å²) in [5.74, 6) is -0.864. The SMILES string of the molecule is C=CCOc1cc2cc(c1)C(=O)N[C@@H]1CCCC[C@H]1NC(=O)c1cccc(c1)C(=O)N[C@@H]1CCCC[C@H]1NC2=O. The van der Waals surface area contributed by atoms with E-state index in [2.05, 4.69) is 27.8 Å². The normalized spacial score (nSPS) is 25.4. The molecule has 3 aliphatic rings. The minimum absolute atomic E-state index is 0.222. The topological polar surface area (TPSA) is 126 Å². The van der Waals surface area contributed by atoms with Crippen molar-refractivity contribution in [3.05, 3.63) is 77.4 Å². The second-order valence-electron chi connectivity index (χ2n) is 10.8. The summed E-state index contributed by atoms with van der Waals surface area (Å²) >= 11 is 0. The highest BCUT2D eigenvalue weighted by atomic mass is 16.5. The first kappa shape index (κ1) is 27.4. The van der Waals surface area contributed by atoms with Crippen LogP contribution >= 0.6 is 0 Å². The number of benzene rings is 2. The van der Waals surface area contributed by atoms with Gasteiger partial charge in [-0.25, -0.2) is 0 Å². The number of carbonyl (C=O) groups is 4. The molecule has 1 aliphatic heterocycles. The Bertz CT molecular complexity index is 1220. The largest absolute Gasteiger partial charge is 0.490 e. The average molecular weight is 545 g/mol. The molecule has 5 rings (SSSR count). The van der Waals surface area contributed by atoms with Gasteiger partial charge < -0.3 is 26.0 Å². The minimum atomic E-state index is -0.338. The van der Waals surface area contributed by atoms with Crippen molar-refractivity contribution in [3.8, 4) is 5.75 Å². The summed E-state index contributed by atoms with van der Waals surface area (Å²) < 4.78 is 5.72. The molecule has 2 aliphatic carbocycles. The third-order valence-electron chi connectivity index (χ3n) is 7.98. The van der Waals surface area contributed by atoms with E-state index in [0.717, 1.165) is 38.5 Å².